The summed E-state index contributed by atoms with van der Waals surface area (Å²) in [6.45, 7) is 5.52. The molecule has 0 radical (unpaired) electrons. The summed E-state index contributed by atoms with van der Waals surface area (Å²) in [5.74, 6) is 0.248. The summed E-state index contributed by atoms with van der Waals surface area (Å²) in [6.07, 6.45) is 5.90. The van der Waals surface area contributed by atoms with Gasteiger partial charge in [-0.25, -0.2) is 0 Å². The summed E-state index contributed by atoms with van der Waals surface area (Å²) in [4.78, 5) is 14.1. The van der Waals surface area contributed by atoms with Crippen molar-refractivity contribution in [1.82, 2.24) is 4.90 Å². The Kier molecular flexibility index (Phi) is 7.77. The Morgan fingerprint density at radius 3 is 2.75 bits per heavy atom. The topological polar surface area (TPSA) is 46.3 Å². The Morgan fingerprint density at radius 1 is 1.50 bits per heavy atom. The summed E-state index contributed by atoms with van der Waals surface area (Å²) in [5, 5.41) is 0. The number of rotatable bonds is 4. The van der Waals surface area contributed by atoms with Crippen molar-refractivity contribution < 1.29 is 4.79 Å². The van der Waals surface area contributed by atoms with Gasteiger partial charge in [0.25, 0.3) is 0 Å². The van der Waals surface area contributed by atoms with Gasteiger partial charge in [-0.15, -0.1) is 12.4 Å². The average Bonchev–Trinajstić information content (AvgIpc) is 2.28. The predicted molar refractivity (Wildman–Crippen MR) is 69.7 cm³/mol. The number of likely N-dealkylation sites (tertiary alicyclic amines) is 1. The van der Waals surface area contributed by atoms with Crippen LogP contribution in [0.1, 0.15) is 46.0 Å². The molecule has 0 aromatic heterocycles. The molecule has 4 heteroatoms. The summed E-state index contributed by atoms with van der Waals surface area (Å²) in [6, 6.07) is 0.477. The van der Waals surface area contributed by atoms with E-state index < -0.39 is 0 Å². The molecule has 96 valence electrons. The van der Waals surface area contributed by atoms with Gasteiger partial charge in [-0.2, -0.15) is 0 Å². The molecule has 1 amide bonds. The monoisotopic (exact) mass is 248 g/mol. The molecule has 0 aliphatic carbocycles. The van der Waals surface area contributed by atoms with Gasteiger partial charge in [0.1, 0.15) is 0 Å². The van der Waals surface area contributed by atoms with Crippen molar-refractivity contribution in [2.75, 3.05) is 13.1 Å². The largest absolute Gasteiger partial charge is 0.339 e. The second kappa shape index (κ2) is 7.91. The molecule has 1 aliphatic rings. The molecule has 2 atom stereocenters. The summed E-state index contributed by atoms with van der Waals surface area (Å²) in [5.41, 5.74) is 5.55. The van der Waals surface area contributed by atoms with Crippen LogP contribution in [-0.2, 0) is 4.79 Å². The highest BCUT2D eigenvalue weighted by Crippen LogP contribution is 2.22. The van der Waals surface area contributed by atoms with Gasteiger partial charge in [0.05, 0.1) is 0 Å². The number of nitrogens with zero attached hydrogens (tertiary/aromatic N) is 1. The van der Waals surface area contributed by atoms with Gasteiger partial charge in [0.2, 0.25) is 5.91 Å². The van der Waals surface area contributed by atoms with Crippen LogP contribution < -0.4 is 5.73 Å². The van der Waals surface area contributed by atoms with Crippen LogP contribution in [0.5, 0.6) is 0 Å². The number of hydrogen-bond acceptors (Lipinski definition) is 2. The van der Waals surface area contributed by atoms with Crippen LogP contribution in [0.3, 0.4) is 0 Å². The first-order valence-corrected chi connectivity index (χ1v) is 6.21. The molecule has 1 saturated heterocycles. The molecular weight excluding hydrogens is 224 g/mol. The van der Waals surface area contributed by atoms with E-state index >= 15 is 0 Å². The van der Waals surface area contributed by atoms with Crippen molar-refractivity contribution in [3.63, 3.8) is 0 Å². The number of halogens is 1. The molecule has 3 nitrogen and oxygen atoms in total. The van der Waals surface area contributed by atoms with E-state index in [4.69, 9.17) is 5.73 Å². The van der Waals surface area contributed by atoms with Crippen LogP contribution in [0.15, 0.2) is 0 Å². The number of piperidine rings is 1. The fraction of sp³-hybridized carbons (Fsp3) is 0.917. The van der Waals surface area contributed by atoms with E-state index in [1.807, 2.05) is 6.92 Å². The average molecular weight is 249 g/mol. The molecule has 1 rings (SSSR count). The number of amides is 1. The van der Waals surface area contributed by atoms with E-state index in [-0.39, 0.29) is 24.2 Å². The zero-order chi connectivity index (χ0) is 11.3. The van der Waals surface area contributed by atoms with Crippen molar-refractivity contribution in [2.24, 2.45) is 11.7 Å². The van der Waals surface area contributed by atoms with Gasteiger partial charge in [-0.3, -0.25) is 4.79 Å². The first-order chi connectivity index (χ1) is 7.20. The van der Waals surface area contributed by atoms with Crippen LogP contribution in [-0.4, -0.2) is 29.9 Å². The first kappa shape index (κ1) is 15.7. The van der Waals surface area contributed by atoms with Gasteiger partial charge >= 0.3 is 0 Å². The fourth-order valence-electron chi connectivity index (χ4n) is 2.31. The minimum Gasteiger partial charge on any atom is -0.339 e. The summed E-state index contributed by atoms with van der Waals surface area (Å²) in [7, 11) is 0. The molecule has 0 aromatic rings. The highest BCUT2D eigenvalue weighted by Gasteiger charge is 2.28. The number of hydrogen-bond donors (Lipinski definition) is 1. The summed E-state index contributed by atoms with van der Waals surface area (Å²) < 4.78 is 0. The number of nitrogens with two attached hydrogens (primary N) is 1. The van der Waals surface area contributed by atoms with Gasteiger partial charge < -0.3 is 10.6 Å². The highest BCUT2D eigenvalue weighted by molar-refractivity contribution is 5.85. The molecule has 2 N–H and O–H groups in total. The van der Waals surface area contributed by atoms with E-state index in [9.17, 15) is 4.79 Å². The van der Waals surface area contributed by atoms with Crippen molar-refractivity contribution in [1.29, 1.82) is 0 Å². The van der Waals surface area contributed by atoms with Crippen LogP contribution in [0.2, 0.25) is 0 Å². The number of carbonyl (C=O) groups excluding carboxylic acids is 1. The highest BCUT2D eigenvalue weighted by atomic mass is 35.5. The van der Waals surface area contributed by atoms with Crippen molar-refractivity contribution in [2.45, 2.75) is 52.0 Å². The normalized spacial score (nSPS) is 22.4. The van der Waals surface area contributed by atoms with Gasteiger partial charge in [0, 0.05) is 25.0 Å². The maximum atomic E-state index is 12.1. The molecule has 0 bridgehead atoms. The zero-order valence-electron chi connectivity index (χ0n) is 10.4. The van der Waals surface area contributed by atoms with E-state index in [2.05, 4.69) is 11.8 Å². The molecule has 0 aromatic carbocycles. The molecule has 1 aliphatic heterocycles. The fourth-order valence-corrected chi connectivity index (χ4v) is 2.31. The van der Waals surface area contributed by atoms with E-state index in [0.717, 1.165) is 25.8 Å². The quantitative estimate of drug-likeness (QED) is 0.829. The van der Waals surface area contributed by atoms with Crippen LogP contribution in [0.25, 0.3) is 0 Å². The Hall–Kier alpha value is -0.280. The van der Waals surface area contributed by atoms with Crippen molar-refractivity contribution >= 4 is 18.3 Å². The Balaban J connectivity index is 0.00000225. The van der Waals surface area contributed by atoms with Gasteiger partial charge in [0.15, 0.2) is 0 Å². The van der Waals surface area contributed by atoms with E-state index in [1.165, 1.54) is 12.8 Å². The molecule has 0 saturated carbocycles. The van der Waals surface area contributed by atoms with Gasteiger partial charge in [-0.05, 0) is 25.7 Å². The second-order valence-corrected chi connectivity index (χ2v) is 4.61. The molecule has 16 heavy (non-hydrogen) atoms. The third-order valence-electron chi connectivity index (χ3n) is 3.31. The lowest BCUT2D eigenvalue weighted by molar-refractivity contribution is -0.138. The standard InChI is InChI=1S/C12H24N2O.ClH/c1-3-6-11-7-4-5-8-14(11)12(15)10(2)9-13;/h10-11H,3-9,13H2,1-2H3;1H. The second-order valence-electron chi connectivity index (χ2n) is 4.61. The first-order valence-electron chi connectivity index (χ1n) is 6.21. The van der Waals surface area contributed by atoms with Crippen molar-refractivity contribution in [3.05, 3.63) is 0 Å². The SMILES string of the molecule is CCCC1CCCCN1C(=O)C(C)CN.Cl. The smallest absolute Gasteiger partial charge is 0.226 e. The molecular formula is C12H25ClN2O. The molecule has 0 spiro atoms. The lowest BCUT2D eigenvalue weighted by Crippen LogP contribution is -2.47. The lowest BCUT2D eigenvalue weighted by atomic mass is 9.96. The molecule has 2 unspecified atom stereocenters. The minimum atomic E-state index is -0.0116. The maximum Gasteiger partial charge on any atom is 0.226 e. The van der Waals surface area contributed by atoms with Crippen LogP contribution in [0, 0.1) is 5.92 Å². The molecule has 1 heterocycles. The predicted octanol–water partition coefficient (Wildman–Crippen LogP) is 2.18. The van der Waals surface area contributed by atoms with Crippen LogP contribution in [0.4, 0.5) is 0 Å². The third kappa shape index (κ3) is 3.95. The third-order valence-corrected chi connectivity index (χ3v) is 3.31. The lowest BCUT2D eigenvalue weighted by Gasteiger charge is -2.37. The zero-order valence-corrected chi connectivity index (χ0v) is 11.3. The van der Waals surface area contributed by atoms with Crippen LogP contribution >= 0.6 is 12.4 Å². The maximum absolute atomic E-state index is 12.1. The van der Waals surface area contributed by atoms with E-state index in [0.29, 0.717) is 12.6 Å². The Morgan fingerprint density at radius 2 is 2.19 bits per heavy atom. The number of carbonyl (C=O) groups is 1. The summed E-state index contributed by atoms with van der Waals surface area (Å²) >= 11 is 0. The molecule has 1 fully saturated rings. The van der Waals surface area contributed by atoms with Crippen molar-refractivity contribution in [3.8, 4) is 0 Å². The Bertz CT molecular complexity index is 209. The minimum absolute atomic E-state index is 0. The van der Waals surface area contributed by atoms with E-state index in [1.54, 1.807) is 0 Å². The Labute approximate surface area is 105 Å². The van der Waals surface area contributed by atoms with Gasteiger partial charge in [-0.1, -0.05) is 20.3 Å².